The Morgan fingerprint density at radius 3 is 2.42 bits per heavy atom. The van der Waals surface area contributed by atoms with Gasteiger partial charge < -0.3 is 10.0 Å². The van der Waals surface area contributed by atoms with Gasteiger partial charge in [0.1, 0.15) is 6.10 Å². The average molecular weight is 323 g/mol. The number of aldehydes is 1. The van der Waals surface area contributed by atoms with Crippen molar-refractivity contribution in [2.45, 2.75) is 25.4 Å². The number of benzene rings is 2. The van der Waals surface area contributed by atoms with Gasteiger partial charge in [-0.15, -0.1) is 0 Å². The van der Waals surface area contributed by atoms with Crippen molar-refractivity contribution in [1.29, 1.82) is 0 Å². The number of carbonyl (C=O) groups excluding carboxylic acids is 2. The highest BCUT2D eigenvalue weighted by Crippen LogP contribution is 2.25. The fourth-order valence-electron chi connectivity index (χ4n) is 3.15. The van der Waals surface area contributed by atoms with Gasteiger partial charge in [-0.25, -0.2) is 0 Å². The number of anilines is 1. The van der Waals surface area contributed by atoms with Crippen molar-refractivity contribution in [3.8, 4) is 0 Å². The maximum atomic E-state index is 12.6. The molecule has 4 nitrogen and oxygen atoms in total. The van der Waals surface area contributed by atoms with E-state index in [0.29, 0.717) is 17.4 Å². The highest BCUT2D eigenvalue weighted by Gasteiger charge is 2.22. The van der Waals surface area contributed by atoms with Gasteiger partial charge in [0.05, 0.1) is 0 Å². The molecule has 0 spiro atoms. The number of aliphatic hydroxyl groups excluding tert-OH is 1. The summed E-state index contributed by atoms with van der Waals surface area (Å²) in [5, 5.41) is 10.3. The Hall–Kier alpha value is -2.46. The lowest BCUT2D eigenvalue weighted by Crippen LogP contribution is -2.29. The van der Waals surface area contributed by atoms with Crippen LogP contribution < -0.4 is 4.90 Å². The first-order valence-corrected chi connectivity index (χ1v) is 8.32. The van der Waals surface area contributed by atoms with E-state index in [1.165, 1.54) is 6.42 Å². The zero-order chi connectivity index (χ0) is 16.9. The molecule has 4 heteroatoms. The summed E-state index contributed by atoms with van der Waals surface area (Å²) in [6.07, 6.45) is 2.95. The topological polar surface area (TPSA) is 57.6 Å². The van der Waals surface area contributed by atoms with E-state index in [0.717, 1.165) is 31.6 Å². The Kier molecular flexibility index (Phi) is 5.06. The van der Waals surface area contributed by atoms with E-state index in [9.17, 15) is 14.7 Å². The third kappa shape index (κ3) is 3.39. The van der Waals surface area contributed by atoms with Crippen molar-refractivity contribution in [2.24, 2.45) is 0 Å². The number of Topliss-reactive ketones (excluding diaryl/α,β-unsaturated/α-hetero) is 1. The van der Waals surface area contributed by atoms with Gasteiger partial charge in [-0.2, -0.15) is 0 Å². The number of hydrogen-bond donors (Lipinski definition) is 1. The fraction of sp³-hybridized carbons (Fsp3) is 0.300. The molecule has 1 aliphatic rings. The lowest BCUT2D eigenvalue weighted by atomic mass is 9.96. The summed E-state index contributed by atoms with van der Waals surface area (Å²) in [5.41, 5.74) is 2.09. The third-order valence-corrected chi connectivity index (χ3v) is 4.51. The van der Waals surface area contributed by atoms with Gasteiger partial charge in [0.2, 0.25) is 0 Å². The van der Waals surface area contributed by atoms with Crippen LogP contribution >= 0.6 is 0 Å². The van der Waals surface area contributed by atoms with E-state index in [1.807, 2.05) is 12.1 Å². The van der Waals surface area contributed by atoms with Gasteiger partial charge in [-0.3, -0.25) is 9.59 Å². The van der Waals surface area contributed by atoms with Gasteiger partial charge in [0, 0.05) is 29.9 Å². The van der Waals surface area contributed by atoms with Crippen LogP contribution in [0.15, 0.2) is 48.5 Å². The third-order valence-electron chi connectivity index (χ3n) is 4.51. The van der Waals surface area contributed by atoms with Crippen molar-refractivity contribution in [3.05, 3.63) is 65.2 Å². The number of rotatable bonds is 5. The van der Waals surface area contributed by atoms with Crippen LogP contribution in [0.3, 0.4) is 0 Å². The summed E-state index contributed by atoms with van der Waals surface area (Å²) in [6, 6.07) is 14.0. The number of nitrogens with zero attached hydrogens (tertiary/aromatic N) is 1. The van der Waals surface area contributed by atoms with Crippen LogP contribution in [-0.4, -0.2) is 30.3 Å². The molecule has 3 rings (SSSR count). The Balaban J connectivity index is 1.87. The number of hydrogen-bond acceptors (Lipinski definition) is 4. The molecular weight excluding hydrogens is 302 g/mol. The normalized spacial score (nSPS) is 15.8. The van der Waals surface area contributed by atoms with Crippen molar-refractivity contribution in [3.63, 3.8) is 0 Å². The summed E-state index contributed by atoms with van der Waals surface area (Å²) in [6.45, 7) is 1.94. The first-order chi connectivity index (χ1) is 11.7. The molecule has 1 atom stereocenters. The number of ketones is 1. The highest BCUT2D eigenvalue weighted by atomic mass is 16.3. The molecule has 0 aromatic heterocycles. The smallest absolute Gasteiger partial charge is 0.196 e. The molecule has 2 aromatic carbocycles. The summed E-state index contributed by atoms with van der Waals surface area (Å²) in [5.74, 6) is -0.450. The quantitative estimate of drug-likeness (QED) is 0.677. The fourth-order valence-corrected chi connectivity index (χ4v) is 3.15. The Morgan fingerprint density at radius 2 is 1.75 bits per heavy atom. The second-order valence-corrected chi connectivity index (χ2v) is 6.11. The van der Waals surface area contributed by atoms with Gasteiger partial charge in [0.15, 0.2) is 12.1 Å². The van der Waals surface area contributed by atoms with Crippen LogP contribution in [0, 0.1) is 0 Å². The highest BCUT2D eigenvalue weighted by molar-refractivity contribution is 6.06. The zero-order valence-electron chi connectivity index (χ0n) is 13.5. The predicted octanol–water partition coefficient (Wildman–Crippen LogP) is 3.41. The van der Waals surface area contributed by atoms with Gasteiger partial charge in [-0.1, -0.05) is 30.3 Å². The molecule has 0 amide bonds. The molecule has 124 valence electrons. The van der Waals surface area contributed by atoms with Crippen LogP contribution in [0.2, 0.25) is 0 Å². The maximum Gasteiger partial charge on any atom is 0.196 e. The van der Waals surface area contributed by atoms with E-state index in [-0.39, 0.29) is 5.56 Å². The largest absolute Gasteiger partial charge is 0.380 e. The predicted molar refractivity (Wildman–Crippen MR) is 93.6 cm³/mol. The standard InChI is InChI=1S/C20H21NO3/c22-14-16-13-17(21-11-5-2-6-12-21)9-10-18(16)20(24)19(23)15-7-3-1-4-8-15/h1,3-4,7-10,13-14,19,23H,2,5-6,11-12H2. The minimum atomic E-state index is -1.26. The molecule has 1 aliphatic heterocycles. The molecule has 1 fully saturated rings. The molecule has 0 saturated carbocycles. The van der Waals surface area contributed by atoms with Crippen LogP contribution in [0.25, 0.3) is 0 Å². The van der Waals surface area contributed by atoms with Crippen LogP contribution in [-0.2, 0) is 0 Å². The first-order valence-electron chi connectivity index (χ1n) is 8.32. The average Bonchev–Trinajstić information content (AvgIpc) is 2.67. The van der Waals surface area contributed by atoms with Crippen molar-refractivity contribution >= 4 is 17.8 Å². The Morgan fingerprint density at radius 1 is 1.04 bits per heavy atom. The summed E-state index contributed by atoms with van der Waals surface area (Å²) < 4.78 is 0. The Bertz CT molecular complexity index is 721. The number of aliphatic hydroxyl groups is 1. The van der Waals surface area contributed by atoms with Gasteiger partial charge >= 0.3 is 0 Å². The zero-order valence-corrected chi connectivity index (χ0v) is 13.5. The minimum Gasteiger partial charge on any atom is -0.380 e. The van der Waals surface area contributed by atoms with E-state index >= 15 is 0 Å². The molecule has 2 aromatic rings. The summed E-state index contributed by atoms with van der Waals surface area (Å²) in [4.78, 5) is 26.3. The maximum absolute atomic E-state index is 12.6. The molecule has 1 N–H and O–H groups in total. The molecule has 0 aliphatic carbocycles. The molecule has 24 heavy (non-hydrogen) atoms. The van der Waals surface area contributed by atoms with E-state index in [1.54, 1.807) is 36.4 Å². The second-order valence-electron chi connectivity index (χ2n) is 6.11. The van der Waals surface area contributed by atoms with E-state index in [4.69, 9.17) is 0 Å². The summed E-state index contributed by atoms with van der Waals surface area (Å²) >= 11 is 0. The van der Waals surface area contributed by atoms with Crippen molar-refractivity contribution < 1.29 is 14.7 Å². The molecule has 1 heterocycles. The van der Waals surface area contributed by atoms with E-state index in [2.05, 4.69) is 4.90 Å². The van der Waals surface area contributed by atoms with Crippen molar-refractivity contribution in [2.75, 3.05) is 18.0 Å². The van der Waals surface area contributed by atoms with Crippen LogP contribution in [0.4, 0.5) is 5.69 Å². The Labute approximate surface area is 141 Å². The minimum absolute atomic E-state index is 0.266. The summed E-state index contributed by atoms with van der Waals surface area (Å²) in [7, 11) is 0. The molecular formula is C20H21NO3. The van der Waals surface area contributed by atoms with Crippen molar-refractivity contribution in [1.82, 2.24) is 0 Å². The lowest BCUT2D eigenvalue weighted by molar-refractivity contribution is 0.0745. The van der Waals surface area contributed by atoms with Crippen LogP contribution in [0.1, 0.15) is 51.6 Å². The first kappa shape index (κ1) is 16.4. The molecule has 1 unspecified atom stereocenters. The molecule has 1 saturated heterocycles. The number of carbonyl (C=O) groups is 2. The second kappa shape index (κ2) is 7.41. The monoisotopic (exact) mass is 323 g/mol. The molecule has 0 radical (unpaired) electrons. The van der Waals surface area contributed by atoms with Gasteiger partial charge in [0.25, 0.3) is 0 Å². The lowest BCUT2D eigenvalue weighted by Gasteiger charge is -2.29. The van der Waals surface area contributed by atoms with Crippen LogP contribution in [0.5, 0.6) is 0 Å². The van der Waals surface area contributed by atoms with Gasteiger partial charge in [-0.05, 0) is 43.0 Å². The number of piperidine rings is 1. The SMILES string of the molecule is O=Cc1cc(N2CCCCC2)ccc1C(=O)C(O)c1ccccc1. The van der Waals surface area contributed by atoms with E-state index < -0.39 is 11.9 Å². The molecule has 0 bridgehead atoms.